The average molecular weight is 349 g/mol. The minimum absolute atomic E-state index is 0.617. The first kappa shape index (κ1) is 16.0. The van der Waals surface area contributed by atoms with E-state index in [0.29, 0.717) is 11.8 Å². The Hall–Kier alpha value is -1.39. The molecule has 112 valence electrons. The number of nitrogens with zero attached hydrogens (tertiary/aromatic N) is 1. The SMILES string of the molecule is Cc1ccc(Oc2ncc(Br)cc2CNCC(C)C)cc1. The molecule has 0 atom stereocenters. The molecular formula is C17H21BrN2O. The highest BCUT2D eigenvalue weighted by Crippen LogP contribution is 2.25. The quantitative estimate of drug-likeness (QED) is 0.822. The van der Waals surface area contributed by atoms with E-state index < -0.39 is 0 Å². The summed E-state index contributed by atoms with van der Waals surface area (Å²) in [6.07, 6.45) is 1.76. The number of nitrogens with one attached hydrogen (secondary N) is 1. The van der Waals surface area contributed by atoms with Gasteiger partial charge in [0.1, 0.15) is 5.75 Å². The topological polar surface area (TPSA) is 34.1 Å². The molecule has 4 heteroatoms. The number of aryl methyl sites for hydroxylation is 1. The standard InChI is InChI=1S/C17H21BrN2O/c1-12(2)9-19-10-14-8-15(18)11-20-17(14)21-16-6-4-13(3)5-7-16/h4-8,11-12,19H,9-10H2,1-3H3. The highest BCUT2D eigenvalue weighted by molar-refractivity contribution is 9.10. The van der Waals surface area contributed by atoms with E-state index in [1.807, 2.05) is 30.3 Å². The van der Waals surface area contributed by atoms with Crippen LogP contribution in [0.3, 0.4) is 0 Å². The molecule has 0 bridgehead atoms. The fourth-order valence-electron chi connectivity index (χ4n) is 1.90. The number of hydrogen-bond acceptors (Lipinski definition) is 3. The van der Waals surface area contributed by atoms with Crippen LogP contribution in [0.5, 0.6) is 11.6 Å². The highest BCUT2D eigenvalue weighted by Gasteiger charge is 2.08. The summed E-state index contributed by atoms with van der Waals surface area (Å²) in [7, 11) is 0. The first-order valence-corrected chi connectivity index (χ1v) is 7.93. The Labute approximate surface area is 134 Å². The van der Waals surface area contributed by atoms with Crippen LogP contribution < -0.4 is 10.1 Å². The zero-order valence-corrected chi connectivity index (χ0v) is 14.3. The van der Waals surface area contributed by atoms with Gasteiger partial charge >= 0.3 is 0 Å². The van der Waals surface area contributed by atoms with Crippen LogP contribution in [0.4, 0.5) is 0 Å². The number of rotatable bonds is 6. The third-order valence-electron chi connectivity index (χ3n) is 3.00. The molecule has 0 spiro atoms. The van der Waals surface area contributed by atoms with Gasteiger partial charge in [-0.3, -0.25) is 0 Å². The number of pyridine rings is 1. The summed E-state index contributed by atoms with van der Waals surface area (Å²) in [5, 5.41) is 3.42. The van der Waals surface area contributed by atoms with Crippen molar-refractivity contribution >= 4 is 15.9 Å². The van der Waals surface area contributed by atoms with Gasteiger partial charge in [0, 0.05) is 22.8 Å². The van der Waals surface area contributed by atoms with Gasteiger partial charge in [-0.15, -0.1) is 0 Å². The van der Waals surface area contributed by atoms with Crippen molar-refractivity contribution in [2.45, 2.75) is 27.3 Å². The van der Waals surface area contributed by atoms with Gasteiger partial charge in [0.05, 0.1) is 0 Å². The summed E-state index contributed by atoms with van der Waals surface area (Å²) in [5.74, 6) is 2.07. The Morgan fingerprint density at radius 2 is 1.95 bits per heavy atom. The third-order valence-corrected chi connectivity index (χ3v) is 3.43. The van der Waals surface area contributed by atoms with Crippen molar-refractivity contribution in [1.82, 2.24) is 10.3 Å². The summed E-state index contributed by atoms with van der Waals surface area (Å²) in [6.45, 7) is 8.15. The van der Waals surface area contributed by atoms with Crippen LogP contribution in [0.25, 0.3) is 0 Å². The van der Waals surface area contributed by atoms with Crippen molar-refractivity contribution in [1.29, 1.82) is 0 Å². The van der Waals surface area contributed by atoms with Gasteiger partial charge in [-0.05, 0) is 53.5 Å². The molecule has 0 fully saturated rings. The number of ether oxygens (including phenoxy) is 1. The van der Waals surface area contributed by atoms with Crippen LogP contribution in [-0.4, -0.2) is 11.5 Å². The minimum atomic E-state index is 0.617. The molecule has 1 aromatic carbocycles. The van der Waals surface area contributed by atoms with Crippen molar-refractivity contribution < 1.29 is 4.74 Å². The molecule has 1 aromatic heterocycles. The predicted octanol–water partition coefficient (Wildman–Crippen LogP) is 4.69. The number of hydrogen-bond donors (Lipinski definition) is 1. The van der Waals surface area contributed by atoms with Crippen molar-refractivity contribution in [2.75, 3.05) is 6.54 Å². The Bertz CT molecular complexity index is 582. The minimum Gasteiger partial charge on any atom is -0.439 e. The van der Waals surface area contributed by atoms with Gasteiger partial charge in [-0.1, -0.05) is 31.5 Å². The van der Waals surface area contributed by atoms with Crippen LogP contribution in [0.1, 0.15) is 25.0 Å². The number of halogens is 1. The zero-order valence-electron chi connectivity index (χ0n) is 12.7. The third kappa shape index (κ3) is 5.14. The molecule has 0 radical (unpaired) electrons. The molecule has 0 saturated carbocycles. The van der Waals surface area contributed by atoms with Crippen molar-refractivity contribution in [3.05, 3.63) is 52.1 Å². The fourth-order valence-corrected chi connectivity index (χ4v) is 2.28. The Morgan fingerprint density at radius 1 is 1.24 bits per heavy atom. The van der Waals surface area contributed by atoms with Crippen LogP contribution in [0.2, 0.25) is 0 Å². The molecule has 1 N–H and O–H groups in total. The molecule has 0 unspecified atom stereocenters. The maximum Gasteiger partial charge on any atom is 0.223 e. The lowest BCUT2D eigenvalue weighted by Crippen LogP contribution is -2.19. The van der Waals surface area contributed by atoms with E-state index >= 15 is 0 Å². The van der Waals surface area contributed by atoms with Gasteiger partial charge in [-0.25, -0.2) is 4.98 Å². The molecule has 0 aliphatic heterocycles. The second-order valence-electron chi connectivity index (χ2n) is 5.56. The van der Waals surface area contributed by atoms with E-state index in [1.165, 1.54) is 5.56 Å². The lowest BCUT2D eigenvalue weighted by molar-refractivity contribution is 0.450. The van der Waals surface area contributed by atoms with Crippen LogP contribution in [-0.2, 0) is 6.54 Å². The Kier molecular flexibility index (Phi) is 5.76. The maximum atomic E-state index is 5.91. The molecular weight excluding hydrogens is 328 g/mol. The lowest BCUT2D eigenvalue weighted by atomic mass is 10.2. The second-order valence-corrected chi connectivity index (χ2v) is 6.47. The molecule has 0 saturated heterocycles. The summed E-state index contributed by atoms with van der Waals surface area (Å²) in [5.41, 5.74) is 2.26. The summed E-state index contributed by atoms with van der Waals surface area (Å²) in [4.78, 5) is 4.38. The van der Waals surface area contributed by atoms with E-state index in [4.69, 9.17) is 4.74 Å². The molecule has 0 aliphatic carbocycles. The predicted molar refractivity (Wildman–Crippen MR) is 89.7 cm³/mol. The van der Waals surface area contributed by atoms with Crippen molar-refractivity contribution in [3.63, 3.8) is 0 Å². The van der Waals surface area contributed by atoms with Gasteiger partial charge in [-0.2, -0.15) is 0 Å². The number of benzene rings is 1. The number of aromatic nitrogens is 1. The van der Waals surface area contributed by atoms with E-state index in [9.17, 15) is 0 Å². The van der Waals surface area contributed by atoms with Gasteiger partial charge in [0.15, 0.2) is 0 Å². The van der Waals surface area contributed by atoms with E-state index in [-0.39, 0.29) is 0 Å². The highest BCUT2D eigenvalue weighted by atomic mass is 79.9. The normalized spacial score (nSPS) is 10.9. The molecule has 3 nitrogen and oxygen atoms in total. The Balaban J connectivity index is 2.12. The van der Waals surface area contributed by atoms with E-state index in [2.05, 4.69) is 47.0 Å². The van der Waals surface area contributed by atoms with Crippen LogP contribution in [0.15, 0.2) is 41.0 Å². The summed E-state index contributed by atoms with van der Waals surface area (Å²) >= 11 is 3.47. The average Bonchev–Trinajstić information content (AvgIpc) is 2.43. The summed E-state index contributed by atoms with van der Waals surface area (Å²) < 4.78 is 6.86. The molecule has 21 heavy (non-hydrogen) atoms. The molecule has 2 rings (SSSR count). The Morgan fingerprint density at radius 3 is 2.62 bits per heavy atom. The largest absolute Gasteiger partial charge is 0.439 e. The van der Waals surface area contributed by atoms with E-state index in [0.717, 1.165) is 28.9 Å². The van der Waals surface area contributed by atoms with Gasteiger partial charge in [0.25, 0.3) is 0 Å². The molecule has 2 aromatic rings. The molecule has 0 aliphatic rings. The fraction of sp³-hybridized carbons (Fsp3) is 0.353. The van der Waals surface area contributed by atoms with Gasteiger partial charge in [0.2, 0.25) is 5.88 Å². The van der Waals surface area contributed by atoms with E-state index in [1.54, 1.807) is 6.20 Å². The monoisotopic (exact) mass is 348 g/mol. The van der Waals surface area contributed by atoms with Crippen molar-refractivity contribution in [2.24, 2.45) is 5.92 Å². The summed E-state index contributed by atoms with van der Waals surface area (Å²) in [6, 6.07) is 10.0. The zero-order chi connectivity index (χ0) is 15.2. The smallest absolute Gasteiger partial charge is 0.223 e. The van der Waals surface area contributed by atoms with Crippen LogP contribution >= 0.6 is 15.9 Å². The van der Waals surface area contributed by atoms with Gasteiger partial charge < -0.3 is 10.1 Å². The molecule has 1 heterocycles. The maximum absolute atomic E-state index is 5.91. The first-order chi connectivity index (χ1) is 10.0. The lowest BCUT2D eigenvalue weighted by Gasteiger charge is -2.12. The van der Waals surface area contributed by atoms with Crippen molar-refractivity contribution in [3.8, 4) is 11.6 Å². The molecule has 0 amide bonds. The first-order valence-electron chi connectivity index (χ1n) is 7.14. The van der Waals surface area contributed by atoms with Crippen LogP contribution in [0, 0.1) is 12.8 Å². The second kappa shape index (κ2) is 7.57.